The Morgan fingerprint density at radius 1 is 1.16 bits per heavy atom. The average molecular weight is 320 g/mol. The van der Waals surface area contributed by atoms with Gasteiger partial charge in [0.05, 0.1) is 4.47 Å². The summed E-state index contributed by atoms with van der Waals surface area (Å²) in [5, 5.41) is 5.94. The van der Waals surface area contributed by atoms with Crippen molar-refractivity contribution in [1.82, 2.24) is 5.32 Å². The van der Waals surface area contributed by atoms with Crippen LogP contribution in [0.5, 0.6) is 5.75 Å². The maximum atomic E-state index is 5.97. The predicted molar refractivity (Wildman–Crippen MR) is 82.8 cm³/mol. The molecule has 2 aromatic rings. The molecule has 1 aliphatic rings. The molecule has 0 spiro atoms. The molecule has 0 aromatic heterocycles. The number of benzene rings is 2. The number of hydrogen-bond donors (Lipinski definition) is 1. The summed E-state index contributed by atoms with van der Waals surface area (Å²) >= 11 is 3.66. The van der Waals surface area contributed by atoms with Crippen molar-refractivity contribution >= 4 is 26.7 Å². The van der Waals surface area contributed by atoms with Gasteiger partial charge in [-0.25, -0.2) is 0 Å². The Hall–Kier alpha value is -1.06. The van der Waals surface area contributed by atoms with Gasteiger partial charge in [0.25, 0.3) is 0 Å². The van der Waals surface area contributed by atoms with Crippen LogP contribution in [0.3, 0.4) is 0 Å². The Bertz CT molecular complexity index is 564. The Labute approximate surface area is 122 Å². The van der Waals surface area contributed by atoms with Crippen molar-refractivity contribution in [1.29, 1.82) is 0 Å². The van der Waals surface area contributed by atoms with E-state index in [0.717, 1.165) is 23.4 Å². The van der Waals surface area contributed by atoms with Gasteiger partial charge in [-0.3, -0.25) is 0 Å². The van der Waals surface area contributed by atoms with E-state index in [0.29, 0.717) is 6.04 Å². The lowest BCUT2D eigenvalue weighted by molar-refractivity contribution is 0.238. The fourth-order valence-electron chi connectivity index (χ4n) is 2.58. The number of piperidine rings is 1. The standard InChI is InChI=1S/C16H18BrNO/c17-16-14-7-2-1-5-12(14)8-9-15(16)19-11-13-6-3-4-10-18-13/h1-2,5,7-9,13,18H,3-4,6,10-11H2. The molecule has 0 bridgehead atoms. The van der Waals surface area contributed by atoms with Crippen LogP contribution in [0, 0.1) is 0 Å². The lowest BCUT2D eigenvalue weighted by Crippen LogP contribution is -2.38. The van der Waals surface area contributed by atoms with Gasteiger partial charge in [-0.2, -0.15) is 0 Å². The van der Waals surface area contributed by atoms with Gasteiger partial charge in [-0.1, -0.05) is 36.8 Å². The molecule has 0 amide bonds. The zero-order valence-electron chi connectivity index (χ0n) is 10.9. The third-order valence-corrected chi connectivity index (χ3v) is 4.50. The molecular formula is C16H18BrNO. The number of rotatable bonds is 3. The SMILES string of the molecule is Brc1c(OCC2CCCCN2)ccc2ccccc12. The van der Waals surface area contributed by atoms with Crippen molar-refractivity contribution in [2.24, 2.45) is 0 Å². The summed E-state index contributed by atoms with van der Waals surface area (Å²) in [5.41, 5.74) is 0. The van der Waals surface area contributed by atoms with Crippen molar-refractivity contribution in [2.75, 3.05) is 13.2 Å². The molecule has 3 heteroatoms. The van der Waals surface area contributed by atoms with Gasteiger partial charge < -0.3 is 10.1 Å². The minimum absolute atomic E-state index is 0.493. The Balaban J connectivity index is 1.75. The Morgan fingerprint density at radius 2 is 2.05 bits per heavy atom. The number of hydrogen-bond acceptors (Lipinski definition) is 2. The van der Waals surface area contributed by atoms with Crippen molar-refractivity contribution in [2.45, 2.75) is 25.3 Å². The van der Waals surface area contributed by atoms with Crippen LogP contribution in [-0.4, -0.2) is 19.2 Å². The molecular weight excluding hydrogens is 302 g/mol. The van der Waals surface area contributed by atoms with E-state index in [1.807, 2.05) is 0 Å². The van der Waals surface area contributed by atoms with Crippen LogP contribution in [0.2, 0.25) is 0 Å². The van der Waals surface area contributed by atoms with Gasteiger partial charge in [0.15, 0.2) is 0 Å². The monoisotopic (exact) mass is 319 g/mol. The van der Waals surface area contributed by atoms with E-state index in [4.69, 9.17) is 4.74 Å². The highest BCUT2D eigenvalue weighted by Gasteiger charge is 2.14. The maximum Gasteiger partial charge on any atom is 0.134 e. The van der Waals surface area contributed by atoms with Gasteiger partial charge in [0.1, 0.15) is 12.4 Å². The summed E-state index contributed by atoms with van der Waals surface area (Å²) in [6, 6.07) is 13.0. The van der Waals surface area contributed by atoms with E-state index in [2.05, 4.69) is 57.6 Å². The summed E-state index contributed by atoms with van der Waals surface area (Å²) in [7, 11) is 0. The fourth-order valence-corrected chi connectivity index (χ4v) is 3.19. The molecule has 2 aromatic carbocycles. The predicted octanol–water partition coefficient (Wildman–Crippen LogP) is 4.12. The van der Waals surface area contributed by atoms with Crippen LogP contribution in [0.25, 0.3) is 10.8 Å². The summed E-state index contributed by atoms with van der Waals surface area (Å²) in [6.45, 7) is 1.86. The van der Waals surface area contributed by atoms with Gasteiger partial charge >= 0.3 is 0 Å². The number of nitrogens with one attached hydrogen (secondary N) is 1. The molecule has 19 heavy (non-hydrogen) atoms. The summed E-state index contributed by atoms with van der Waals surface area (Å²) in [5.74, 6) is 0.936. The summed E-state index contributed by atoms with van der Waals surface area (Å²) in [6.07, 6.45) is 3.81. The summed E-state index contributed by atoms with van der Waals surface area (Å²) < 4.78 is 7.03. The lowest BCUT2D eigenvalue weighted by atomic mass is 10.1. The first-order valence-electron chi connectivity index (χ1n) is 6.88. The first-order chi connectivity index (χ1) is 9.34. The van der Waals surface area contributed by atoms with Crippen molar-refractivity contribution in [3.05, 3.63) is 40.9 Å². The zero-order chi connectivity index (χ0) is 13.1. The fraction of sp³-hybridized carbons (Fsp3) is 0.375. The van der Waals surface area contributed by atoms with Crippen molar-refractivity contribution in [3.8, 4) is 5.75 Å². The second-order valence-corrected chi connectivity index (χ2v) is 5.85. The van der Waals surface area contributed by atoms with Crippen molar-refractivity contribution in [3.63, 3.8) is 0 Å². The van der Waals surface area contributed by atoms with E-state index in [1.54, 1.807) is 0 Å². The highest BCUT2D eigenvalue weighted by molar-refractivity contribution is 9.10. The van der Waals surface area contributed by atoms with Gasteiger partial charge in [0.2, 0.25) is 0 Å². The zero-order valence-corrected chi connectivity index (χ0v) is 12.4. The van der Waals surface area contributed by atoms with E-state index in [1.165, 1.54) is 30.0 Å². The number of ether oxygens (including phenoxy) is 1. The van der Waals surface area contributed by atoms with Crippen LogP contribution >= 0.6 is 15.9 Å². The third-order valence-electron chi connectivity index (χ3n) is 3.68. The Kier molecular flexibility index (Phi) is 4.04. The first-order valence-corrected chi connectivity index (χ1v) is 7.67. The van der Waals surface area contributed by atoms with E-state index in [9.17, 15) is 0 Å². The highest BCUT2D eigenvalue weighted by Crippen LogP contribution is 2.33. The third kappa shape index (κ3) is 2.93. The molecule has 0 aliphatic carbocycles. The number of halogens is 1. The molecule has 1 N–H and O–H groups in total. The second kappa shape index (κ2) is 5.93. The molecule has 1 saturated heterocycles. The van der Waals surface area contributed by atoms with Crippen LogP contribution in [0.4, 0.5) is 0 Å². The number of fused-ring (bicyclic) bond motifs is 1. The topological polar surface area (TPSA) is 21.3 Å². The molecule has 1 fully saturated rings. The molecule has 0 radical (unpaired) electrons. The largest absolute Gasteiger partial charge is 0.491 e. The maximum absolute atomic E-state index is 5.97. The quantitative estimate of drug-likeness (QED) is 0.918. The lowest BCUT2D eigenvalue weighted by Gasteiger charge is -2.23. The van der Waals surface area contributed by atoms with E-state index >= 15 is 0 Å². The van der Waals surface area contributed by atoms with Crippen LogP contribution < -0.4 is 10.1 Å². The molecule has 0 saturated carbocycles. The van der Waals surface area contributed by atoms with Crippen LogP contribution in [0.1, 0.15) is 19.3 Å². The normalized spacial score (nSPS) is 19.5. The van der Waals surface area contributed by atoms with Gasteiger partial charge in [-0.15, -0.1) is 0 Å². The van der Waals surface area contributed by atoms with Crippen LogP contribution in [-0.2, 0) is 0 Å². The molecule has 1 unspecified atom stereocenters. The van der Waals surface area contributed by atoms with E-state index < -0.39 is 0 Å². The average Bonchev–Trinajstić information content (AvgIpc) is 2.48. The van der Waals surface area contributed by atoms with Crippen LogP contribution in [0.15, 0.2) is 40.9 Å². The smallest absolute Gasteiger partial charge is 0.134 e. The molecule has 2 nitrogen and oxygen atoms in total. The summed E-state index contributed by atoms with van der Waals surface area (Å²) in [4.78, 5) is 0. The van der Waals surface area contributed by atoms with Crippen molar-refractivity contribution < 1.29 is 4.74 Å². The first kappa shape index (κ1) is 12.9. The molecule has 1 aliphatic heterocycles. The van der Waals surface area contributed by atoms with E-state index in [-0.39, 0.29) is 0 Å². The van der Waals surface area contributed by atoms with Gasteiger partial charge in [-0.05, 0) is 52.2 Å². The molecule has 1 heterocycles. The van der Waals surface area contributed by atoms with Gasteiger partial charge in [0, 0.05) is 6.04 Å². The minimum Gasteiger partial charge on any atom is -0.491 e. The molecule has 100 valence electrons. The minimum atomic E-state index is 0.493. The Morgan fingerprint density at radius 3 is 2.89 bits per heavy atom. The second-order valence-electron chi connectivity index (χ2n) is 5.06. The highest BCUT2D eigenvalue weighted by atomic mass is 79.9. The molecule has 3 rings (SSSR count). The molecule has 1 atom stereocenters.